The molecule has 0 bridgehead atoms. The number of hydrogen-bond donors (Lipinski definition) is 2. The van der Waals surface area contributed by atoms with E-state index >= 15 is 0 Å². The number of aromatic nitrogens is 1. The summed E-state index contributed by atoms with van der Waals surface area (Å²) >= 11 is 0. The molecular weight excluding hydrogens is 333 g/mol. The third-order valence-electron chi connectivity index (χ3n) is 4.03. The van der Waals surface area contributed by atoms with Gasteiger partial charge < -0.3 is 15.5 Å². The van der Waals surface area contributed by atoms with Gasteiger partial charge in [0.05, 0.1) is 12.8 Å². The van der Waals surface area contributed by atoms with Crippen LogP contribution >= 0.6 is 0 Å². The molecule has 0 aliphatic carbocycles. The van der Waals surface area contributed by atoms with Gasteiger partial charge in [-0.15, -0.1) is 0 Å². The summed E-state index contributed by atoms with van der Waals surface area (Å²) in [4.78, 5) is 14.9. The molecule has 1 aromatic heterocycles. The van der Waals surface area contributed by atoms with Crippen molar-refractivity contribution in [2.24, 2.45) is 0 Å². The minimum atomic E-state index is -4.81. The Hall–Kier alpha value is -2.96. The van der Waals surface area contributed by atoms with Crippen molar-refractivity contribution in [1.82, 2.24) is 4.98 Å². The first kappa shape index (κ1) is 16.9. The van der Waals surface area contributed by atoms with Crippen LogP contribution in [-0.4, -0.2) is 24.2 Å². The van der Waals surface area contributed by atoms with Gasteiger partial charge in [0.25, 0.3) is 0 Å². The molecule has 7 heteroatoms. The first-order valence-electron chi connectivity index (χ1n) is 7.44. The fraction of sp³-hybridized carbons (Fsp3) is 0.167. The molecule has 25 heavy (non-hydrogen) atoms. The van der Waals surface area contributed by atoms with Crippen LogP contribution in [0.3, 0.4) is 0 Å². The molecule has 130 valence electrons. The third-order valence-corrected chi connectivity index (χ3v) is 4.03. The number of hydrogen-bond acceptors (Lipinski definition) is 3. The Morgan fingerprint density at radius 1 is 1.12 bits per heavy atom. The fourth-order valence-corrected chi connectivity index (χ4v) is 2.93. The lowest BCUT2D eigenvalue weighted by Gasteiger charge is -2.20. The first-order valence-corrected chi connectivity index (χ1v) is 7.44. The topological polar surface area (TPSA) is 68.1 Å². The maximum absolute atomic E-state index is 13.7. The van der Waals surface area contributed by atoms with Crippen molar-refractivity contribution in [2.45, 2.75) is 12.1 Å². The van der Waals surface area contributed by atoms with E-state index in [0.29, 0.717) is 22.2 Å². The highest BCUT2D eigenvalue weighted by molar-refractivity contribution is 5.98. The maximum atomic E-state index is 13.7. The molecule has 0 radical (unpaired) electrons. The van der Waals surface area contributed by atoms with Crippen molar-refractivity contribution in [3.8, 4) is 11.3 Å². The van der Waals surface area contributed by atoms with E-state index in [-0.39, 0.29) is 11.3 Å². The molecule has 0 spiro atoms. The van der Waals surface area contributed by atoms with Gasteiger partial charge in [-0.2, -0.15) is 13.2 Å². The minimum absolute atomic E-state index is 0.159. The van der Waals surface area contributed by atoms with Crippen LogP contribution in [0.1, 0.15) is 11.5 Å². The predicted octanol–water partition coefficient (Wildman–Crippen LogP) is 4.24. The minimum Gasteiger partial charge on any atom is -0.468 e. The van der Waals surface area contributed by atoms with Gasteiger partial charge in [0.15, 0.2) is 5.92 Å². The number of nitrogens with two attached hydrogens (primary N) is 1. The number of aromatic amines is 1. The number of carbonyl (C=O) groups excluding carboxylic acids is 1. The second kappa shape index (κ2) is 6.16. The molecule has 1 heterocycles. The number of para-hydroxylation sites is 2. The van der Waals surface area contributed by atoms with Crippen LogP contribution < -0.4 is 5.73 Å². The number of methoxy groups -OCH3 is 1. The van der Waals surface area contributed by atoms with Gasteiger partial charge in [-0.25, -0.2) is 0 Å². The summed E-state index contributed by atoms with van der Waals surface area (Å²) in [5.41, 5.74) is 7.10. The highest BCUT2D eigenvalue weighted by Crippen LogP contribution is 2.44. The Balaban J connectivity index is 2.38. The van der Waals surface area contributed by atoms with Gasteiger partial charge in [-0.3, -0.25) is 4.79 Å². The van der Waals surface area contributed by atoms with Crippen molar-refractivity contribution in [2.75, 3.05) is 12.8 Å². The van der Waals surface area contributed by atoms with Gasteiger partial charge in [-0.1, -0.05) is 36.4 Å². The number of halogens is 3. The van der Waals surface area contributed by atoms with Crippen molar-refractivity contribution >= 4 is 22.6 Å². The van der Waals surface area contributed by atoms with E-state index in [1.807, 2.05) is 0 Å². The quantitative estimate of drug-likeness (QED) is 0.550. The molecule has 3 aromatic rings. The molecule has 1 unspecified atom stereocenters. The Bertz CT molecular complexity index is 931. The van der Waals surface area contributed by atoms with Gasteiger partial charge >= 0.3 is 12.1 Å². The number of ether oxygens (including phenoxy) is 1. The zero-order valence-electron chi connectivity index (χ0n) is 13.2. The number of fused-ring (bicyclic) bond motifs is 1. The van der Waals surface area contributed by atoms with Crippen molar-refractivity contribution in [3.05, 3.63) is 54.1 Å². The Morgan fingerprint density at radius 2 is 1.76 bits per heavy atom. The Kier molecular flexibility index (Phi) is 4.16. The number of nitrogen functional groups attached to an aromatic ring is 1. The lowest BCUT2D eigenvalue weighted by atomic mass is 9.92. The SMILES string of the molecule is COC(=O)C(c1c(-c2ccccc2N)[nH]c2ccccc12)C(F)(F)F. The van der Waals surface area contributed by atoms with Crippen LogP contribution in [0, 0.1) is 0 Å². The van der Waals surface area contributed by atoms with E-state index < -0.39 is 18.1 Å². The van der Waals surface area contributed by atoms with E-state index in [9.17, 15) is 18.0 Å². The molecule has 4 nitrogen and oxygen atoms in total. The first-order chi connectivity index (χ1) is 11.8. The lowest BCUT2D eigenvalue weighted by Crippen LogP contribution is -2.29. The number of esters is 1. The van der Waals surface area contributed by atoms with Gasteiger partial charge in [0.1, 0.15) is 0 Å². The van der Waals surface area contributed by atoms with Crippen molar-refractivity contribution in [1.29, 1.82) is 0 Å². The van der Waals surface area contributed by atoms with Gasteiger partial charge in [0.2, 0.25) is 0 Å². The molecule has 1 atom stereocenters. The van der Waals surface area contributed by atoms with Crippen molar-refractivity contribution in [3.63, 3.8) is 0 Å². The molecule has 3 N–H and O–H groups in total. The van der Waals surface area contributed by atoms with Crippen LogP contribution in [0.5, 0.6) is 0 Å². The Labute approximate surface area is 141 Å². The summed E-state index contributed by atoms with van der Waals surface area (Å²) in [5, 5.41) is 0.300. The average Bonchev–Trinajstić information content (AvgIpc) is 2.93. The normalized spacial score (nSPS) is 13.0. The highest BCUT2D eigenvalue weighted by Gasteiger charge is 2.49. The molecule has 0 aliphatic heterocycles. The second-order valence-electron chi connectivity index (χ2n) is 5.54. The number of nitrogens with one attached hydrogen (secondary N) is 1. The largest absolute Gasteiger partial charge is 0.468 e. The lowest BCUT2D eigenvalue weighted by molar-refractivity contribution is -0.178. The summed E-state index contributed by atoms with van der Waals surface area (Å²) in [6.45, 7) is 0. The summed E-state index contributed by atoms with van der Waals surface area (Å²) in [6, 6.07) is 13.0. The molecule has 0 aliphatic rings. The molecular formula is C18H15F3N2O2. The van der Waals surface area contributed by atoms with E-state index in [0.717, 1.165) is 7.11 Å². The standard InChI is InChI=1S/C18H15F3N2O2/c1-25-17(24)15(18(19,20)21)14-11-7-3-5-9-13(11)23-16(14)10-6-2-4-8-12(10)22/h2-9,15,23H,22H2,1H3. The number of alkyl halides is 3. The predicted molar refractivity (Wildman–Crippen MR) is 89.0 cm³/mol. The molecule has 2 aromatic carbocycles. The fourth-order valence-electron chi connectivity index (χ4n) is 2.93. The molecule has 0 saturated heterocycles. The number of benzene rings is 2. The van der Waals surface area contributed by atoms with E-state index in [4.69, 9.17) is 5.73 Å². The summed E-state index contributed by atoms with van der Waals surface area (Å²) < 4.78 is 45.5. The third kappa shape index (κ3) is 2.93. The molecule has 3 rings (SSSR count). The van der Waals surface area contributed by atoms with Gasteiger partial charge in [0, 0.05) is 27.7 Å². The smallest absolute Gasteiger partial charge is 0.406 e. The van der Waals surface area contributed by atoms with Gasteiger partial charge in [-0.05, 0) is 12.1 Å². The zero-order chi connectivity index (χ0) is 18.2. The molecule has 0 saturated carbocycles. The number of H-pyrrole nitrogens is 1. The van der Waals surface area contributed by atoms with Crippen LogP contribution in [0.4, 0.5) is 18.9 Å². The number of rotatable bonds is 3. The number of carbonyl (C=O) groups is 1. The maximum Gasteiger partial charge on any atom is 0.406 e. The van der Waals surface area contributed by atoms with Crippen LogP contribution in [0.15, 0.2) is 48.5 Å². The summed E-state index contributed by atoms with van der Waals surface area (Å²) in [6.07, 6.45) is -4.81. The monoisotopic (exact) mass is 348 g/mol. The van der Waals surface area contributed by atoms with E-state index in [2.05, 4.69) is 9.72 Å². The summed E-state index contributed by atoms with van der Waals surface area (Å²) in [5.74, 6) is -3.78. The molecule has 0 amide bonds. The van der Waals surface area contributed by atoms with Crippen LogP contribution in [-0.2, 0) is 9.53 Å². The second-order valence-corrected chi connectivity index (χ2v) is 5.54. The summed E-state index contributed by atoms with van der Waals surface area (Å²) in [7, 11) is 0.937. The van der Waals surface area contributed by atoms with E-state index in [1.165, 1.54) is 6.07 Å². The number of anilines is 1. The van der Waals surface area contributed by atoms with Crippen molar-refractivity contribution < 1.29 is 22.7 Å². The Morgan fingerprint density at radius 3 is 2.40 bits per heavy atom. The van der Waals surface area contributed by atoms with Crippen LogP contribution in [0.25, 0.3) is 22.2 Å². The van der Waals surface area contributed by atoms with E-state index in [1.54, 1.807) is 42.5 Å². The highest BCUT2D eigenvalue weighted by atomic mass is 19.4. The zero-order valence-corrected chi connectivity index (χ0v) is 13.2. The average molecular weight is 348 g/mol. The molecule has 0 fully saturated rings. The van der Waals surface area contributed by atoms with Crippen LogP contribution in [0.2, 0.25) is 0 Å².